The second-order valence-electron chi connectivity index (χ2n) is 4.97. The van der Waals surface area contributed by atoms with Crippen molar-refractivity contribution in [2.24, 2.45) is 0 Å². The van der Waals surface area contributed by atoms with Gasteiger partial charge >= 0.3 is 0 Å². The van der Waals surface area contributed by atoms with Crippen molar-refractivity contribution in [2.45, 2.75) is 26.3 Å². The van der Waals surface area contributed by atoms with Gasteiger partial charge in [0.1, 0.15) is 12.3 Å². The minimum Gasteiger partial charge on any atom is -1.00 e. The summed E-state index contributed by atoms with van der Waals surface area (Å²) in [7, 11) is 0. The number of rotatable bonds is 7. The first-order valence-corrected chi connectivity index (χ1v) is 7.27. The quantitative estimate of drug-likeness (QED) is 0.525. The summed E-state index contributed by atoms with van der Waals surface area (Å²) in [6.07, 6.45) is 6.38. The Hall–Kier alpha value is -1.30. The summed E-state index contributed by atoms with van der Waals surface area (Å²) in [5, 5.41) is 9.60. The third kappa shape index (κ3) is 5.91. The first kappa shape index (κ1) is 17.8. The Balaban J connectivity index is 0.00000220. The maximum Gasteiger partial charge on any atom is 0.168 e. The van der Waals surface area contributed by atoms with Crippen LogP contribution in [0.1, 0.15) is 19.8 Å². The van der Waals surface area contributed by atoms with Crippen LogP contribution < -0.4 is 33.4 Å². The van der Waals surface area contributed by atoms with Crippen LogP contribution in [0.15, 0.2) is 54.9 Å². The fourth-order valence-corrected chi connectivity index (χ4v) is 2.36. The highest BCUT2D eigenvalue weighted by atomic mass is 127. The third-order valence-electron chi connectivity index (χ3n) is 3.31. The zero-order chi connectivity index (χ0) is 14.2. The van der Waals surface area contributed by atoms with Gasteiger partial charge in [0, 0.05) is 43.4 Å². The van der Waals surface area contributed by atoms with E-state index in [1.165, 1.54) is 0 Å². The number of aromatic nitrogens is 1. The van der Waals surface area contributed by atoms with Gasteiger partial charge in [0.15, 0.2) is 12.4 Å². The van der Waals surface area contributed by atoms with Crippen LogP contribution in [-0.4, -0.2) is 18.2 Å². The van der Waals surface area contributed by atoms with Gasteiger partial charge in [0.25, 0.3) is 0 Å². The normalized spacial score (nSPS) is 9.95. The van der Waals surface area contributed by atoms with Gasteiger partial charge in [-0.05, 0) is 18.6 Å². The molecular weight excluding hydrogens is 375 g/mol. The monoisotopic (exact) mass is 398 g/mol. The van der Waals surface area contributed by atoms with Gasteiger partial charge in [-0.15, -0.1) is 0 Å². The molecule has 0 bridgehead atoms. The molecule has 0 amide bonds. The molecular formula is C17H23IN2O. The molecule has 0 aliphatic rings. The number of phenols is 1. The third-order valence-corrected chi connectivity index (χ3v) is 3.31. The Morgan fingerprint density at radius 2 is 1.81 bits per heavy atom. The number of hydrogen-bond donors (Lipinski definition) is 1. The van der Waals surface area contributed by atoms with Gasteiger partial charge in [-0.3, -0.25) is 0 Å². The molecule has 1 aromatic carbocycles. The number of aryl methyl sites for hydroxylation is 1. The number of aromatic hydroxyl groups is 1. The zero-order valence-electron chi connectivity index (χ0n) is 12.5. The van der Waals surface area contributed by atoms with E-state index >= 15 is 0 Å². The molecule has 21 heavy (non-hydrogen) atoms. The molecule has 0 saturated heterocycles. The van der Waals surface area contributed by atoms with E-state index in [4.69, 9.17) is 0 Å². The topological polar surface area (TPSA) is 27.4 Å². The van der Waals surface area contributed by atoms with Gasteiger partial charge < -0.3 is 34.0 Å². The fraction of sp³-hybridized carbons (Fsp3) is 0.353. The standard InChI is InChI=1S/C17H22N2O.HI/c1-2-10-19(16-8-6-9-17(20)15-16)14-7-13-18-11-4-3-5-12-18;/h3-6,8-9,11-12,15H,2,7,10,13-14H2,1H3;1H. The van der Waals surface area contributed by atoms with Crippen LogP contribution in [-0.2, 0) is 6.54 Å². The molecule has 0 fully saturated rings. The number of pyridine rings is 1. The largest absolute Gasteiger partial charge is 1.00 e. The van der Waals surface area contributed by atoms with Crippen LogP contribution in [0.3, 0.4) is 0 Å². The lowest BCUT2D eigenvalue weighted by molar-refractivity contribution is -0.697. The Morgan fingerprint density at radius 1 is 1.05 bits per heavy atom. The molecule has 0 aliphatic heterocycles. The van der Waals surface area contributed by atoms with Crippen LogP contribution in [0.4, 0.5) is 5.69 Å². The average Bonchev–Trinajstić information content (AvgIpc) is 2.47. The highest BCUT2D eigenvalue weighted by Crippen LogP contribution is 2.20. The number of benzene rings is 1. The van der Waals surface area contributed by atoms with Gasteiger partial charge in [-0.2, -0.15) is 0 Å². The molecule has 0 aliphatic carbocycles. The van der Waals surface area contributed by atoms with Gasteiger partial charge in [0.2, 0.25) is 0 Å². The SMILES string of the molecule is CCCN(CCC[n+]1ccccc1)c1cccc(O)c1.[I-]. The van der Waals surface area contributed by atoms with E-state index in [-0.39, 0.29) is 24.0 Å². The Kier molecular flexibility index (Phi) is 8.12. The highest BCUT2D eigenvalue weighted by molar-refractivity contribution is 5.50. The summed E-state index contributed by atoms with van der Waals surface area (Å²) in [4.78, 5) is 2.34. The van der Waals surface area contributed by atoms with Crippen molar-refractivity contribution in [1.82, 2.24) is 0 Å². The number of halogens is 1. The number of nitrogens with zero attached hydrogens (tertiary/aromatic N) is 2. The minimum absolute atomic E-state index is 0. The summed E-state index contributed by atoms with van der Waals surface area (Å²) >= 11 is 0. The molecule has 114 valence electrons. The van der Waals surface area contributed by atoms with Crippen LogP contribution in [0, 0.1) is 0 Å². The van der Waals surface area contributed by atoms with Crippen LogP contribution in [0.25, 0.3) is 0 Å². The molecule has 2 aromatic rings. The summed E-state index contributed by atoms with van der Waals surface area (Å²) < 4.78 is 2.20. The van der Waals surface area contributed by atoms with Crippen LogP contribution in [0.2, 0.25) is 0 Å². The number of anilines is 1. The molecule has 0 atom stereocenters. The summed E-state index contributed by atoms with van der Waals surface area (Å²) in [6.45, 7) is 5.21. The van der Waals surface area contributed by atoms with E-state index < -0.39 is 0 Å². The van der Waals surface area contributed by atoms with Crippen LogP contribution in [0.5, 0.6) is 5.75 Å². The second-order valence-corrected chi connectivity index (χ2v) is 4.97. The lowest BCUT2D eigenvalue weighted by Crippen LogP contribution is -3.00. The first-order valence-electron chi connectivity index (χ1n) is 7.27. The van der Waals surface area contributed by atoms with E-state index in [9.17, 15) is 5.11 Å². The zero-order valence-corrected chi connectivity index (χ0v) is 14.6. The molecule has 3 nitrogen and oxygen atoms in total. The smallest absolute Gasteiger partial charge is 0.168 e. The van der Waals surface area contributed by atoms with Gasteiger partial charge in [-0.25, -0.2) is 4.57 Å². The molecule has 1 aromatic heterocycles. The Labute approximate surface area is 144 Å². The summed E-state index contributed by atoms with van der Waals surface area (Å²) in [5.74, 6) is 0.334. The van der Waals surface area contributed by atoms with Gasteiger partial charge in [-0.1, -0.05) is 19.1 Å². The number of hydrogen-bond acceptors (Lipinski definition) is 2. The molecule has 0 saturated carbocycles. The lowest BCUT2D eigenvalue weighted by atomic mass is 10.2. The Morgan fingerprint density at radius 3 is 2.48 bits per heavy atom. The highest BCUT2D eigenvalue weighted by Gasteiger charge is 2.07. The van der Waals surface area contributed by atoms with E-state index in [2.05, 4.69) is 47.0 Å². The fourth-order valence-electron chi connectivity index (χ4n) is 2.36. The molecule has 4 heteroatoms. The van der Waals surface area contributed by atoms with Crippen molar-refractivity contribution in [2.75, 3.05) is 18.0 Å². The Bertz CT molecular complexity index is 519. The predicted octanol–water partition coefficient (Wildman–Crippen LogP) is -0.00960. The van der Waals surface area contributed by atoms with E-state index in [0.717, 1.165) is 38.2 Å². The first-order chi connectivity index (χ1) is 9.79. The maximum absolute atomic E-state index is 9.60. The van der Waals surface area contributed by atoms with Crippen LogP contribution >= 0.6 is 0 Å². The van der Waals surface area contributed by atoms with Crippen molar-refractivity contribution in [3.05, 3.63) is 54.9 Å². The van der Waals surface area contributed by atoms with Crippen molar-refractivity contribution < 1.29 is 33.7 Å². The second kappa shape index (κ2) is 9.60. The van der Waals surface area contributed by atoms with Crippen molar-refractivity contribution >= 4 is 5.69 Å². The van der Waals surface area contributed by atoms with Crippen molar-refractivity contribution in [1.29, 1.82) is 0 Å². The average molecular weight is 398 g/mol. The molecule has 0 spiro atoms. The van der Waals surface area contributed by atoms with Crippen molar-refractivity contribution in [3.63, 3.8) is 0 Å². The maximum atomic E-state index is 9.60. The molecule has 0 radical (unpaired) electrons. The predicted molar refractivity (Wildman–Crippen MR) is 81.9 cm³/mol. The van der Waals surface area contributed by atoms with Crippen molar-refractivity contribution in [3.8, 4) is 5.75 Å². The van der Waals surface area contributed by atoms with E-state index in [1.54, 1.807) is 6.07 Å². The summed E-state index contributed by atoms with van der Waals surface area (Å²) in [5.41, 5.74) is 1.10. The van der Waals surface area contributed by atoms with E-state index in [0.29, 0.717) is 5.75 Å². The molecule has 2 rings (SSSR count). The lowest BCUT2D eigenvalue weighted by Gasteiger charge is -2.23. The molecule has 0 unspecified atom stereocenters. The van der Waals surface area contributed by atoms with Gasteiger partial charge in [0.05, 0.1) is 0 Å². The van der Waals surface area contributed by atoms with E-state index in [1.807, 2.05) is 18.2 Å². The number of phenolic OH excluding ortho intramolecular Hbond substituents is 1. The minimum atomic E-state index is 0. The summed E-state index contributed by atoms with van der Waals surface area (Å²) in [6, 6.07) is 13.7. The molecule has 1 heterocycles. The molecule has 1 N–H and O–H groups in total.